The predicted molar refractivity (Wildman–Crippen MR) is 73.2 cm³/mol. The second kappa shape index (κ2) is 4.73. The summed E-state index contributed by atoms with van der Waals surface area (Å²) in [4.78, 5) is 14.8. The minimum absolute atomic E-state index is 0.199. The first-order valence-corrected chi connectivity index (χ1v) is 5.93. The van der Waals surface area contributed by atoms with Gasteiger partial charge < -0.3 is 19.0 Å². The molecule has 0 atom stereocenters. The number of rotatable bonds is 3. The summed E-state index contributed by atoms with van der Waals surface area (Å²) >= 11 is 0. The molecule has 0 unspecified atom stereocenters. The van der Waals surface area contributed by atoms with Gasteiger partial charge in [0.05, 0.1) is 26.0 Å². The third-order valence-electron chi connectivity index (χ3n) is 3.01. The highest BCUT2D eigenvalue weighted by Crippen LogP contribution is 2.25. The summed E-state index contributed by atoms with van der Waals surface area (Å²) in [6.45, 7) is 0. The van der Waals surface area contributed by atoms with E-state index < -0.39 is 0 Å². The Morgan fingerprint density at radius 3 is 2.70 bits per heavy atom. The summed E-state index contributed by atoms with van der Waals surface area (Å²) in [7, 11) is 3.08. The summed E-state index contributed by atoms with van der Waals surface area (Å²) in [5.74, 6) is 1.47. The van der Waals surface area contributed by atoms with Crippen molar-refractivity contribution in [2.45, 2.75) is 0 Å². The minimum atomic E-state index is -0.199. The van der Waals surface area contributed by atoms with E-state index in [0.29, 0.717) is 28.5 Å². The average Bonchev–Trinajstić information content (AvgIpc) is 2.95. The molecule has 0 fully saturated rings. The van der Waals surface area contributed by atoms with E-state index in [1.54, 1.807) is 37.4 Å². The minimum Gasteiger partial charge on any atom is -0.497 e. The van der Waals surface area contributed by atoms with Crippen LogP contribution in [0.5, 0.6) is 11.6 Å². The van der Waals surface area contributed by atoms with Crippen LogP contribution in [0, 0.1) is 0 Å². The number of hydrogen-bond donors (Lipinski definition) is 1. The largest absolute Gasteiger partial charge is 0.497 e. The van der Waals surface area contributed by atoms with Gasteiger partial charge in [0, 0.05) is 5.39 Å². The molecule has 6 heteroatoms. The van der Waals surface area contributed by atoms with Crippen molar-refractivity contribution in [2.75, 3.05) is 14.2 Å². The molecular weight excluding hydrogens is 260 g/mol. The molecule has 0 saturated heterocycles. The second-order valence-electron chi connectivity index (χ2n) is 4.20. The van der Waals surface area contributed by atoms with Crippen LogP contribution in [-0.4, -0.2) is 24.4 Å². The number of methoxy groups -OCH3 is 2. The van der Waals surface area contributed by atoms with Gasteiger partial charge in [0.15, 0.2) is 5.76 Å². The van der Waals surface area contributed by atoms with Crippen LogP contribution in [0.1, 0.15) is 0 Å². The Kier molecular flexibility index (Phi) is 2.90. The van der Waals surface area contributed by atoms with E-state index in [0.717, 1.165) is 5.39 Å². The molecule has 0 aliphatic rings. The highest BCUT2D eigenvalue weighted by Gasteiger charge is 2.10. The standard InChI is InChI=1S/C14H12N2O4/c1-18-9-3-4-10-8(5-9)6-11(15-14(10)17)12-7-13(19-2)16-20-12/h3-7H,1-2H3,(H,15,17). The van der Waals surface area contributed by atoms with E-state index >= 15 is 0 Å². The van der Waals surface area contributed by atoms with Crippen LogP contribution in [0.2, 0.25) is 0 Å². The summed E-state index contributed by atoms with van der Waals surface area (Å²) in [5.41, 5.74) is 0.335. The lowest BCUT2D eigenvalue weighted by molar-refractivity contribution is 0.342. The van der Waals surface area contributed by atoms with Crippen molar-refractivity contribution in [1.82, 2.24) is 10.1 Å². The number of benzene rings is 1. The topological polar surface area (TPSA) is 77.4 Å². The van der Waals surface area contributed by atoms with Crippen LogP contribution in [0.15, 0.2) is 39.6 Å². The van der Waals surface area contributed by atoms with Gasteiger partial charge in [0.2, 0.25) is 0 Å². The van der Waals surface area contributed by atoms with E-state index in [1.165, 1.54) is 7.11 Å². The van der Waals surface area contributed by atoms with Crippen LogP contribution in [0.3, 0.4) is 0 Å². The van der Waals surface area contributed by atoms with Gasteiger partial charge in [-0.25, -0.2) is 0 Å². The van der Waals surface area contributed by atoms with Gasteiger partial charge in [0.1, 0.15) is 5.75 Å². The molecule has 0 aliphatic carbocycles. The molecular formula is C14H12N2O4. The maximum absolute atomic E-state index is 12.1. The quantitative estimate of drug-likeness (QED) is 0.790. The van der Waals surface area contributed by atoms with Crippen LogP contribution in [-0.2, 0) is 0 Å². The molecule has 0 saturated carbocycles. The predicted octanol–water partition coefficient (Wildman–Crippen LogP) is 2.20. The van der Waals surface area contributed by atoms with Crippen molar-refractivity contribution >= 4 is 10.8 Å². The molecule has 1 N–H and O–H groups in total. The third-order valence-corrected chi connectivity index (χ3v) is 3.01. The van der Waals surface area contributed by atoms with Crippen LogP contribution in [0.4, 0.5) is 0 Å². The molecule has 0 spiro atoms. The van der Waals surface area contributed by atoms with E-state index in [2.05, 4.69) is 10.1 Å². The van der Waals surface area contributed by atoms with Crippen molar-refractivity contribution in [3.63, 3.8) is 0 Å². The monoisotopic (exact) mass is 272 g/mol. The lowest BCUT2D eigenvalue weighted by atomic mass is 10.1. The first-order valence-electron chi connectivity index (χ1n) is 5.93. The van der Waals surface area contributed by atoms with Crippen molar-refractivity contribution in [3.05, 3.63) is 40.7 Å². The number of pyridine rings is 1. The zero-order valence-electron chi connectivity index (χ0n) is 11.0. The maximum atomic E-state index is 12.1. The zero-order chi connectivity index (χ0) is 14.1. The lowest BCUT2D eigenvalue weighted by Crippen LogP contribution is -2.07. The van der Waals surface area contributed by atoms with Gasteiger partial charge in [-0.15, -0.1) is 0 Å². The van der Waals surface area contributed by atoms with Gasteiger partial charge in [-0.05, 0) is 34.8 Å². The van der Waals surface area contributed by atoms with Gasteiger partial charge in [0.25, 0.3) is 11.4 Å². The first kappa shape index (κ1) is 12.3. The number of aromatic nitrogens is 2. The fourth-order valence-electron chi connectivity index (χ4n) is 1.99. The Labute approximate surface area is 113 Å². The molecule has 0 radical (unpaired) electrons. The van der Waals surface area contributed by atoms with Crippen molar-refractivity contribution in [2.24, 2.45) is 0 Å². The summed E-state index contributed by atoms with van der Waals surface area (Å²) in [6.07, 6.45) is 0. The van der Waals surface area contributed by atoms with E-state index in [1.807, 2.05) is 0 Å². The molecule has 0 aliphatic heterocycles. The molecule has 2 aromatic heterocycles. The van der Waals surface area contributed by atoms with Gasteiger partial charge in [-0.2, -0.15) is 0 Å². The maximum Gasteiger partial charge on any atom is 0.256 e. The van der Waals surface area contributed by atoms with Gasteiger partial charge in [-0.1, -0.05) is 0 Å². The Balaban J connectivity index is 2.19. The van der Waals surface area contributed by atoms with Crippen molar-refractivity contribution in [3.8, 4) is 23.1 Å². The Morgan fingerprint density at radius 1 is 1.15 bits per heavy atom. The zero-order valence-corrected chi connectivity index (χ0v) is 11.0. The number of H-pyrrole nitrogens is 1. The van der Waals surface area contributed by atoms with Crippen LogP contribution < -0.4 is 15.0 Å². The number of fused-ring (bicyclic) bond motifs is 1. The fraction of sp³-hybridized carbons (Fsp3) is 0.143. The molecule has 1 aromatic carbocycles. The number of nitrogens with one attached hydrogen (secondary N) is 1. The molecule has 2 heterocycles. The second-order valence-corrected chi connectivity index (χ2v) is 4.20. The van der Waals surface area contributed by atoms with Crippen LogP contribution >= 0.6 is 0 Å². The van der Waals surface area contributed by atoms with Crippen LogP contribution in [0.25, 0.3) is 22.2 Å². The third kappa shape index (κ3) is 2.01. The molecule has 20 heavy (non-hydrogen) atoms. The Morgan fingerprint density at radius 2 is 2.00 bits per heavy atom. The number of ether oxygens (including phenoxy) is 2. The van der Waals surface area contributed by atoms with E-state index in [-0.39, 0.29) is 5.56 Å². The van der Waals surface area contributed by atoms with E-state index in [4.69, 9.17) is 14.0 Å². The molecule has 0 amide bonds. The summed E-state index contributed by atoms with van der Waals surface area (Å²) < 4.78 is 15.2. The number of aromatic amines is 1. The summed E-state index contributed by atoms with van der Waals surface area (Å²) in [6, 6.07) is 8.67. The molecule has 3 rings (SSSR count). The molecule has 0 bridgehead atoms. The fourth-order valence-corrected chi connectivity index (χ4v) is 1.99. The molecule has 102 valence electrons. The Hall–Kier alpha value is -2.76. The molecule has 3 aromatic rings. The molecule has 6 nitrogen and oxygen atoms in total. The van der Waals surface area contributed by atoms with Crippen molar-refractivity contribution < 1.29 is 14.0 Å². The number of hydrogen-bond acceptors (Lipinski definition) is 5. The summed E-state index contributed by atoms with van der Waals surface area (Å²) in [5, 5.41) is 5.06. The van der Waals surface area contributed by atoms with E-state index in [9.17, 15) is 4.79 Å². The van der Waals surface area contributed by atoms with Gasteiger partial charge >= 0.3 is 0 Å². The number of nitrogens with zero attached hydrogens (tertiary/aromatic N) is 1. The normalized spacial score (nSPS) is 10.7. The SMILES string of the molecule is COc1ccc2c(=O)[nH]c(-c3cc(OC)no3)cc2c1. The lowest BCUT2D eigenvalue weighted by Gasteiger charge is -2.03. The average molecular weight is 272 g/mol. The Bertz CT molecular complexity index is 819. The first-order chi connectivity index (χ1) is 9.71. The van der Waals surface area contributed by atoms with Crippen molar-refractivity contribution in [1.29, 1.82) is 0 Å². The van der Waals surface area contributed by atoms with Gasteiger partial charge in [-0.3, -0.25) is 4.79 Å². The highest BCUT2D eigenvalue weighted by molar-refractivity contribution is 5.85. The highest BCUT2D eigenvalue weighted by atomic mass is 16.5. The smallest absolute Gasteiger partial charge is 0.256 e.